The lowest BCUT2D eigenvalue weighted by Crippen LogP contribution is -2.15. The van der Waals surface area contributed by atoms with Crippen LogP contribution in [0.5, 0.6) is 0 Å². The molecule has 0 bridgehead atoms. The molecule has 0 radical (unpaired) electrons. The lowest BCUT2D eigenvalue weighted by Gasteiger charge is -2.12. The highest BCUT2D eigenvalue weighted by atomic mass is 16.5. The first kappa shape index (κ1) is 20.0. The number of hydrogen-bond acceptors (Lipinski definition) is 6. The van der Waals surface area contributed by atoms with Crippen LogP contribution >= 0.6 is 0 Å². The first-order valence-electron chi connectivity index (χ1n) is 9.23. The Labute approximate surface area is 169 Å². The monoisotopic (exact) mass is 390 g/mol. The average Bonchev–Trinajstić information content (AvgIpc) is 2.73. The second-order valence-corrected chi connectivity index (χ2v) is 6.59. The van der Waals surface area contributed by atoms with Crippen molar-refractivity contribution in [2.45, 2.75) is 26.5 Å². The minimum Gasteiger partial charge on any atom is -0.459 e. The molecule has 0 unspecified atom stereocenters. The number of carbonyl (C=O) groups is 2. The molecule has 1 aromatic carbocycles. The topological polar surface area (TPSA) is 93.2 Å². The third-order valence-electron chi connectivity index (χ3n) is 3.98. The van der Waals surface area contributed by atoms with Gasteiger partial charge in [-0.1, -0.05) is 12.1 Å². The molecule has 0 saturated heterocycles. The van der Waals surface area contributed by atoms with Crippen LogP contribution in [0.3, 0.4) is 0 Å². The number of nitrogens with zero attached hydrogens (tertiary/aromatic N) is 2. The predicted octanol–water partition coefficient (Wildman–Crippen LogP) is 3.91. The zero-order valence-corrected chi connectivity index (χ0v) is 16.3. The molecule has 0 saturated carbocycles. The molecule has 2 aromatic heterocycles. The van der Waals surface area contributed by atoms with Gasteiger partial charge in [0.2, 0.25) is 0 Å². The number of nitrogens with one attached hydrogen (secondary N) is 2. The van der Waals surface area contributed by atoms with E-state index in [1.807, 2.05) is 24.3 Å². The summed E-state index contributed by atoms with van der Waals surface area (Å²) < 4.78 is 5.26. The van der Waals surface area contributed by atoms with Crippen molar-refractivity contribution in [2.75, 3.05) is 10.6 Å². The van der Waals surface area contributed by atoms with Crippen LogP contribution in [0.25, 0.3) is 0 Å². The van der Waals surface area contributed by atoms with Crippen LogP contribution in [0.1, 0.15) is 40.1 Å². The molecule has 3 rings (SSSR count). The quantitative estimate of drug-likeness (QED) is 0.594. The maximum atomic E-state index is 12.2. The zero-order valence-electron chi connectivity index (χ0n) is 16.3. The minimum atomic E-state index is -0.412. The van der Waals surface area contributed by atoms with E-state index in [-0.39, 0.29) is 12.0 Å². The van der Waals surface area contributed by atoms with Crippen molar-refractivity contribution >= 4 is 23.4 Å². The van der Waals surface area contributed by atoms with Gasteiger partial charge in [0, 0.05) is 36.4 Å². The van der Waals surface area contributed by atoms with Crippen molar-refractivity contribution < 1.29 is 14.3 Å². The van der Waals surface area contributed by atoms with Gasteiger partial charge >= 0.3 is 5.97 Å². The van der Waals surface area contributed by atoms with Crippen LogP contribution in [0.2, 0.25) is 0 Å². The van der Waals surface area contributed by atoms with E-state index in [4.69, 9.17) is 4.74 Å². The van der Waals surface area contributed by atoms with Gasteiger partial charge in [0.1, 0.15) is 11.4 Å². The van der Waals surface area contributed by atoms with Crippen LogP contribution in [0.15, 0.2) is 67.1 Å². The Bertz CT molecular complexity index is 973. The largest absolute Gasteiger partial charge is 0.459 e. The van der Waals surface area contributed by atoms with E-state index in [2.05, 4.69) is 20.6 Å². The van der Waals surface area contributed by atoms with E-state index in [9.17, 15) is 9.59 Å². The zero-order chi connectivity index (χ0) is 20.6. The Kier molecular flexibility index (Phi) is 6.52. The summed E-state index contributed by atoms with van der Waals surface area (Å²) >= 11 is 0. The summed E-state index contributed by atoms with van der Waals surface area (Å²) in [5, 5.41) is 6.00. The second-order valence-electron chi connectivity index (χ2n) is 6.59. The van der Waals surface area contributed by atoms with Crippen molar-refractivity contribution in [1.82, 2.24) is 9.97 Å². The molecular weight excluding hydrogens is 368 g/mol. The standard InChI is InChI=1S/C22H22N4O3/c1-15(2)29-22(28)19-4-3-11-24-20(19)25-14-16-5-7-18(8-6-16)26-21(27)17-9-12-23-13-10-17/h3-13,15H,14H2,1-2H3,(H,24,25)(H,26,27). The van der Waals surface area contributed by atoms with E-state index in [0.29, 0.717) is 29.2 Å². The first-order valence-corrected chi connectivity index (χ1v) is 9.23. The van der Waals surface area contributed by atoms with Crippen molar-refractivity contribution in [2.24, 2.45) is 0 Å². The average molecular weight is 390 g/mol. The summed E-state index contributed by atoms with van der Waals surface area (Å²) in [5.41, 5.74) is 2.60. The third kappa shape index (κ3) is 5.62. The summed E-state index contributed by atoms with van der Waals surface area (Å²) in [4.78, 5) is 32.5. The van der Waals surface area contributed by atoms with E-state index < -0.39 is 5.97 Å². The molecule has 0 fully saturated rings. The second kappa shape index (κ2) is 9.45. The van der Waals surface area contributed by atoms with Crippen LogP contribution < -0.4 is 10.6 Å². The van der Waals surface area contributed by atoms with Gasteiger partial charge in [0.05, 0.1) is 6.10 Å². The van der Waals surface area contributed by atoms with Crippen molar-refractivity contribution in [1.29, 1.82) is 0 Å². The molecule has 0 spiro atoms. The normalized spacial score (nSPS) is 10.4. The fourth-order valence-electron chi connectivity index (χ4n) is 2.59. The molecular formula is C22H22N4O3. The summed E-state index contributed by atoms with van der Waals surface area (Å²) in [6.45, 7) is 4.07. The molecule has 2 heterocycles. The Morgan fingerprint density at radius 3 is 2.41 bits per heavy atom. The van der Waals surface area contributed by atoms with Crippen LogP contribution in [-0.2, 0) is 11.3 Å². The van der Waals surface area contributed by atoms with Crippen LogP contribution in [0, 0.1) is 0 Å². The highest BCUT2D eigenvalue weighted by Crippen LogP contribution is 2.16. The maximum absolute atomic E-state index is 12.2. The Morgan fingerprint density at radius 1 is 1.00 bits per heavy atom. The van der Waals surface area contributed by atoms with Gasteiger partial charge in [-0.15, -0.1) is 0 Å². The van der Waals surface area contributed by atoms with Gasteiger partial charge in [0.15, 0.2) is 0 Å². The smallest absolute Gasteiger partial charge is 0.342 e. The maximum Gasteiger partial charge on any atom is 0.342 e. The number of pyridine rings is 2. The number of rotatable bonds is 7. The van der Waals surface area contributed by atoms with Gasteiger partial charge in [-0.2, -0.15) is 0 Å². The van der Waals surface area contributed by atoms with E-state index in [1.54, 1.807) is 56.7 Å². The number of esters is 1. The molecule has 2 N–H and O–H groups in total. The molecule has 3 aromatic rings. The highest BCUT2D eigenvalue weighted by Gasteiger charge is 2.15. The van der Waals surface area contributed by atoms with E-state index >= 15 is 0 Å². The number of aromatic nitrogens is 2. The van der Waals surface area contributed by atoms with Crippen LogP contribution in [-0.4, -0.2) is 27.9 Å². The highest BCUT2D eigenvalue weighted by molar-refractivity contribution is 6.04. The van der Waals surface area contributed by atoms with Crippen LogP contribution in [0.4, 0.5) is 11.5 Å². The molecule has 0 aliphatic carbocycles. The SMILES string of the molecule is CC(C)OC(=O)c1cccnc1NCc1ccc(NC(=O)c2ccncc2)cc1. The number of carbonyl (C=O) groups excluding carboxylic acids is 2. The molecule has 7 heteroatoms. The molecule has 0 atom stereocenters. The van der Waals surface area contributed by atoms with E-state index in [1.165, 1.54) is 0 Å². The number of amides is 1. The summed E-state index contributed by atoms with van der Waals surface area (Å²) in [6.07, 6.45) is 4.57. The molecule has 7 nitrogen and oxygen atoms in total. The summed E-state index contributed by atoms with van der Waals surface area (Å²) in [7, 11) is 0. The minimum absolute atomic E-state index is 0.194. The van der Waals surface area contributed by atoms with Gasteiger partial charge in [-0.05, 0) is 55.8 Å². The van der Waals surface area contributed by atoms with Gasteiger partial charge in [-0.3, -0.25) is 9.78 Å². The van der Waals surface area contributed by atoms with Gasteiger partial charge in [-0.25, -0.2) is 9.78 Å². The molecule has 0 aliphatic rings. The summed E-state index contributed by atoms with van der Waals surface area (Å²) in [5.74, 6) is -0.141. The molecule has 0 aliphatic heterocycles. The molecule has 29 heavy (non-hydrogen) atoms. The van der Waals surface area contributed by atoms with Gasteiger partial charge in [0.25, 0.3) is 5.91 Å². The van der Waals surface area contributed by atoms with E-state index in [0.717, 1.165) is 5.56 Å². The third-order valence-corrected chi connectivity index (χ3v) is 3.98. The number of benzene rings is 1. The fraction of sp³-hybridized carbons (Fsp3) is 0.182. The number of hydrogen-bond donors (Lipinski definition) is 2. The van der Waals surface area contributed by atoms with Crippen molar-refractivity contribution in [3.63, 3.8) is 0 Å². The van der Waals surface area contributed by atoms with Crippen molar-refractivity contribution in [3.05, 3.63) is 83.8 Å². The van der Waals surface area contributed by atoms with Crippen molar-refractivity contribution in [3.8, 4) is 0 Å². The number of ether oxygens (including phenoxy) is 1. The lowest BCUT2D eigenvalue weighted by molar-refractivity contribution is 0.0378. The Hall–Kier alpha value is -3.74. The first-order chi connectivity index (χ1) is 14.0. The fourth-order valence-corrected chi connectivity index (χ4v) is 2.59. The molecule has 148 valence electrons. The number of anilines is 2. The Morgan fingerprint density at radius 2 is 1.72 bits per heavy atom. The molecule has 1 amide bonds. The van der Waals surface area contributed by atoms with Gasteiger partial charge < -0.3 is 15.4 Å². The Balaban J connectivity index is 1.61. The summed E-state index contributed by atoms with van der Waals surface area (Å²) in [6, 6.07) is 14.1. The lowest BCUT2D eigenvalue weighted by atomic mass is 10.2. The predicted molar refractivity (Wildman–Crippen MR) is 111 cm³/mol.